The molecule has 1 aliphatic heterocycles. The Bertz CT molecular complexity index is 463. The first kappa shape index (κ1) is 14.8. The van der Waals surface area contributed by atoms with Gasteiger partial charge in [0, 0.05) is 23.8 Å². The Labute approximate surface area is 118 Å². The van der Waals surface area contributed by atoms with Gasteiger partial charge in [0.2, 0.25) is 5.91 Å². The topological polar surface area (TPSA) is 32.3 Å². The van der Waals surface area contributed by atoms with Crippen LogP contribution in [0.25, 0.3) is 0 Å². The molecule has 3 nitrogen and oxygen atoms in total. The molecule has 0 bridgehead atoms. The van der Waals surface area contributed by atoms with Gasteiger partial charge in [-0.25, -0.2) is 8.78 Å². The maximum atomic E-state index is 13.1. The van der Waals surface area contributed by atoms with Crippen LogP contribution in [0.1, 0.15) is 33.1 Å². The third kappa shape index (κ3) is 3.46. The zero-order valence-electron chi connectivity index (χ0n) is 11.8. The van der Waals surface area contributed by atoms with Gasteiger partial charge < -0.3 is 10.2 Å². The lowest BCUT2D eigenvalue weighted by Gasteiger charge is -2.39. The predicted molar refractivity (Wildman–Crippen MR) is 74.5 cm³/mol. The second kappa shape index (κ2) is 6.20. The number of hydrogen-bond acceptors (Lipinski definition) is 2. The van der Waals surface area contributed by atoms with E-state index in [2.05, 4.69) is 5.32 Å². The maximum absolute atomic E-state index is 13.1. The number of carbonyl (C=O) groups excluding carboxylic acids is 1. The summed E-state index contributed by atoms with van der Waals surface area (Å²) in [6, 6.07) is 3.61. The minimum absolute atomic E-state index is 0.0330. The molecule has 110 valence electrons. The van der Waals surface area contributed by atoms with Crippen molar-refractivity contribution >= 4 is 11.6 Å². The van der Waals surface area contributed by atoms with E-state index >= 15 is 0 Å². The fraction of sp³-hybridized carbons (Fsp3) is 0.533. The van der Waals surface area contributed by atoms with Crippen molar-refractivity contribution < 1.29 is 13.6 Å². The highest BCUT2D eigenvalue weighted by Gasteiger charge is 2.28. The second-order valence-corrected chi connectivity index (χ2v) is 5.44. The van der Waals surface area contributed by atoms with Gasteiger partial charge in [0.15, 0.2) is 0 Å². The van der Waals surface area contributed by atoms with Gasteiger partial charge in [-0.2, -0.15) is 0 Å². The standard InChI is InChI=1S/C15H20F2N2O/c1-10-4-3-5-11(2)19(10)15(20)9-18-14-7-12(16)6-13(17)8-14/h6-8,10-11,18H,3-5,9H2,1-2H3. The molecule has 1 amide bonds. The summed E-state index contributed by atoms with van der Waals surface area (Å²) in [4.78, 5) is 14.1. The lowest BCUT2D eigenvalue weighted by molar-refractivity contribution is -0.135. The number of amides is 1. The molecule has 2 unspecified atom stereocenters. The molecule has 0 aliphatic carbocycles. The van der Waals surface area contributed by atoms with Crippen LogP contribution in [0.5, 0.6) is 0 Å². The van der Waals surface area contributed by atoms with Gasteiger partial charge in [-0.05, 0) is 45.2 Å². The van der Waals surface area contributed by atoms with Gasteiger partial charge in [0.05, 0.1) is 6.54 Å². The molecule has 1 heterocycles. The van der Waals surface area contributed by atoms with E-state index in [1.54, 1.807) is 0 Å². The SMILES string of the molecule is CC1CCCC(C)N1C(=O)CNc1cc(F)cc(F)c1. The Hall–Kier alpha value is -1.65. The van der Waals surface area contributed by atoms with Crippen LogP contribution in [0.15, 0.2) is 18.2 Å². The molecular weight excluding hydrogens is 262 g/mol. The van der Waals surface area contributed by atoms with E-state index < -0.39 is 11.6 Å². The van der Waals surface area contributed by atoms with Crippen molar-refractivity contribution in [3.8, 4) is 0 Å². The smallest absolute Gasteiger partial charge is 0.242 e. The lowest BCUT2D eigenvalue weighted by atomic mass is 9.97. The summed E-state index contributed by atoms with van der Waals surface area (Å²) < 4.78 is 26.1. The summed E-state index contributed by atoms with van der Waals surface area (Å²) in [6.45, 7) is 4.13. The number of halogens is 2. The summed E-state index contributed by atoms with van der Waals surface area (Å²) in [6.07, 6.45) is 3.14. The van der Waals surface area contributed by atoms with E-state index in [9.17, 15) is 13.6 Å². The Morgan fingerprint density at radius 1 is 1.20 bits per heavy atom. The first-order chi connectivity index (χ1) is 9.47. The maximum Gasteiger partial charge on any atom is 0.242 e. The van der Waals surface area contributed by atoms with Gasteiger partial charge >= 0.3 is 0 Å². The predicted octanol–water partition coefficient (Wildman–Crippen LogP) is 3.17. The van der Waals surface area contributed by atoms with E-state index in [1.165, 1.54) is 12.1 Å². The van der Waals surface area contributed by atoms with Crippen LogP contribution in [0.3, 0.4) is 0 Å². The fourth-order valence-corrected chi connectivity index (χ4v) is 2.84. The minimum Gasteiger partial charge on any atom is -0.376 e. The molecule has 0 aromatic heterocycles. The van der Waals surface area contributed by atoms with Crippen molar-refractivity contribution in [1.29, 1.82) is 0 Å². The van der Waals surface area contributed by atoms with Crippen LogP contribution in [-0.4, -0.2) is 29.4 Å². The van der Waals surface area contributed by atoms with Crippen LogP contribution in [0, 0.1) is 11.6 Å². The summed E-state index contributed by atoms with van der Waals surface area (Å²) in [5, 5.41) is 2.79. The molecule has 2 rings (SSSR count). The summed E-state index contributed by atoms with van der Waals surface area (Å²) in [7, 11) is 0. The number of nitrogens with zero attached hydrogens (tertiary/aromatic N) is 1. The first-order valence-electron chi connectivity index (χ1n) is 6.98. The van der Waals surface area contributed by atoms with E-state index in [0.717, 1.165) is 25.3 Å². The molecule has 5 heteroatoms. The number of anilines is 1. The number of benzene rings is 1. The van der Waals surface area contributed by atoms with Gasteiger partial charge in [-0.3, -0.25) is 4.79 Å². The Kier molecular flexibility index (Phi) is 4.57. The third-order valence-corrected chi connectivity index (χ3v) is 3.79. The van der Waals surface area contributed by atoms with Crippen LogP contribution in [-0.2, 0) is 4.79 Å². The van der Waals surface area contributed by atoms with E-state index in [-0.39, 0.29) is 30.2 Å². The highest BCUT2D eigenvalue weighted by Crippen LogP contribution is 2.22. The van der Waals surface area contributed by atoms with Crippen LogP contribution < -0.4 is 5.32 Å². The number of likely N-dealkylation sites (tertiary alicyclic amines) is 1. The first-order valence-corrected chi connectivity index (χ1v) is 6.98. The number of rotatable bonds is 3. The minimum atomic E-state index is -0.653. The molecule has 1 N–H and O–H groups in total. The van der Waals surface area contributed by atoms with Gasteiger partial charge in [-0.1, -0.05) is 0 Å². The Morgan fingerprint density at radius 3 is 2.30 bits per heavy atom. The van der Waals surface area contributed by atoms with E-state index in [1.807, 2.05) is 18.7 Å². The summed E-state index contributed by atoms with van der Waals surface area (Å²) >= 11 is 0. The average molecular weight is 282 g/mol. The molecule has 20 heavy (non-hydrogen) atoms. The van der Waals surface area contributed by atoms with Crippen molar-refractivity contribution in [1.82, 2.24) is 4.90 Å². The number of carbonyl (C=O) groups is 1. The molecule has 1 aliphatic rings. The molecule has 1 aromatic rings. The van der Waals surface area contributed by atoms with Gasteiger partial charge in [-0.15, -0.1) is 0 Å². The van der Waals surface area contributed by atoms with Gasteiger partial charge in [0.25, 0.3) is 0 Å². The lowest BCUT2D eigenvalue weighted by Crippen LogP contribution is -2.49. The molecule has 1 fully saturated rings. The monoisotopic (exact) mass is 282 g/mol. The summed E-state index contributed by atoms with van der Waals surface area (Å²) in [5.41, 5.74) is 0.285. The summed E-state index contributed by atoms with van der Waals surface area (Å²) in [5.74, 6) is -1.34. The van der Waals surface area contributed by atoms with Gasteiger partial charge in [0.1, 0.15) is 11.6 Å². The second-order valence-electron chi connectivity index (χ2n) is 5.44. The number of piperidine rings is 1. The van der Waals surface area contributed by atoms with Crippen molar-refractivity contribution in [3.63, 3.8) is 0 Å². The van der Waals surface area contributed by atoms with Crippen molar-refractivity contribution in [2.75, 3.05) is 11.9 Å². The molecule has 0 radical (unpaired) electrons. The molecular formula is C15H20F2N2O. The van der Waals surface area contributed by atoms with E-state index in [0.29, 0.717) is 0 Å². The van der Waals surface area contributed by atoms with E-state index in [4.69, 9.17) is 0 Å². The molecule has 1 saturated heterocycles. The highest BCUT2D eigenvalue weighted by atomic mass is 19.1. The Morgan fingerprint density at radius 2 is 1.75 bits per heavy atom. The normalized spacial score (nSPS) is 22.7. The quantitative estimate of drug-likeness (QED) is 0.923. The molecule has 0 saturated carbocycles. The number of nitrogens with one attached hydrogen (secondary N) is 1. The largest absolute Gasteiger partial charge is 0.376 e. The van der Waals surface area contributed by atoms with Crippen LogP contribution in [0.4, 0.5) is 14.5 Å². The van der Waals surface area contributed by atoms with Crippen molar-refractivity contribution in [3.05, 3.63) is 29.8 Å². The third-order valence-electron chi connectivity index (χ3n) is 3.79. The van der Waals surface area contributed by atoms with Crippen molar-refractivity contribution in [2.45, 2.75) is 45.2 Å². The molecule has 1 aromatic carbocycles. The van der Waals surface area contributed by atoms with Crippen LogP contribution in [0.2, 0.25) is 0 Å². The fourth-order valence-electron chi connectivity index (χ4n) is 2.84. The zero-order chi connectivity index (χ0) is 14.7. The molecule has 0 spiro atoms. The molecule has 2 atom stereocenters. The average Bonchev–Trinajstić information content (AvgIpc) is 2.35. The van der Waals surface area contributed by atoms with Crippen LogP contribution >= 0.6 is 0 Å². The highest BCUT2D eigenvalue weighted by molar-refractivity contribution is 5.81. The Balaban J connectivity index is 1.97. The number of hydrogen-bond donors (Lipinski definition) is 1. The van der Waals surface area contributed by atoms with Crippen molar-refractivity contribution in [2.24, 2.45) is 0 Å². The zero-order valence-corrected chi connectivity index (χ0v) is 11.8.